The molecule has 1 fully saturated rings. The van der Waals surface area contributed by atoms with Crippen molar-refractivity contribution in [1.82, 2.24) is 5.32 Å². The summed E-state index contributed by atoms with van der Waals surface area (Å²) in [6, 6.07) is 17.9. The number of carbonyl (C=O) groups is 3. The molecular weight excluding hydrogens is 496 g/mol. The van der Waals surface area contributed by atoms with Gasteiger partial charge in [-0.25, -0.2) is 9.69 Å². The third kappa shape index (κ3) is 4.94. The van der Waals surface area contributed by atoms with Gasteiger partial charge in [0.1, 0.15) is 17.9 Å². The maximum Gasteiger partial charge on any atom is 0.335 e. The molecule has 0 bridgehead atoms. The van der Waals surface area contributed by atoms with E-state index in [0.29, 0.717) is 23.6 Å². The second-order valence-corrected chi connectivity index (χ2v) is 9.12. The summed E-state index contributed by atoms with van der Waals surface area (Å²) in [5.41, 5.74) is 4.71. The zero-order valence-electron chi connectivity index (χ0n) is 19.0. The highest BCUT2D eigenvalue weighted by Crippen LogP contribution is 2.30. The number of hydrogen-bond donors (Lipinski definition) is 1. The number of rotatable bonds is 5. The summed E-state index contributed by atoms with van der Waals surface area (Å²) < 4.78 is 6.76. The molecule has 3 aromatic carbocycles. The first-order valence-corrected chi connectivity index (χ1v) is 11.5. The number of aryl methyl sites for hydroxylation is 3. The van der Waals surface area contributed by atoms with Crippen LogP contribution in [0.4, 0.5) is 10.5 Å². The predicted octanol–water partition coefficient (Wildman–Crippen LogP) is 5.62. The molecule has 1 aliphatic rings. The van der Waals surface area contributed by atoms with Gasteiger partial charge in [0.15, 0.2) is 0 Å². The fourth-order valence-corrected chi connectivity index (χ4v) is 4.08. The van der Waals surface area contributed by atoms with E-state index in [-0.39, 0.29) is 5.57 Å². The number of hydrogen-bond acceptors (Lipinski definition) is 4. The number of anilines is 1. The van der Waals surface area contributed by atoms with E-state index in [9.17, 15) is 14.4 Å². The zero-order chi connectivity index (χ0) is 24.4. The number of nitrogens with zero attached hydrogens (tertiary/aromatic N) is 1. The Balaban J connectivity index is 1.68. The molecule has 0 saturated carbocycles. The van der Waals surface area contributed by atoms with Gasteiger partial charge in [0, 0.05) is 10.0 Å². The molecule has 0 aliphatic carbocycles. The summed E-state index contributed by atoms with van der Waals surface area (Å²) in [7, 11) is 0. The minimum atomic E-state index is -0.774. The fourth-order valence-electron chi connectivity index (χ4n) is 3.70. The van der Waals surface area contributed by atoms with Gasteiger partial charge in [-0.15, -0.1) is 0 Å². The highest BCUT2D eigenvalue weighted by Gasteiger charge is 2.37. The molecule has 0 spiro atoms. The second-order valence-electron chi connectivity index (χ2n) is 8.20. The normalized spacial score (nSPS) is 15.0. The number of imide groups is 2. The number of halogens is 1. The van der Waals surface area contributed by atoms with Crippen LogP contribution < -0.4 is 15.0 Å². The fraction of sp³-hybridized carbons (Fsp3) is 0.148. The average molecular weight is 519 g/mol. The molecule has 3 aromatic rings. The van der Waals surface area contributed by atoms with Gasteiger partial charge in [0.2, 0.25) is 0 Å². The van der Waals surface area contributed by atoms with E-state index in [1.165, 1.54) is 6.08 Å². The van der Waals surface area contributed by atoms with Crippen molar-refractivity contribution in [3.63, 3.8) is 0 Å². The molecule has 0 radical (unpaired) electrons. The molecule has 34 heavy (non-hydrogen) atoms. The first-order valence-electron chi connectivity index (χ1n) is 10.7. The molecule has 1 aliphatic heterocycles. The van der Waals surface area contributed by atoms with E-state index in [1.54, 1.807) is 18.2 Å². The van der Waals surface area contributed by atoms with Gasteiger partial charge in [-0.05, 0) is 62.2 Å². The van der Waals surface area contributed by atoms with Crippen molar-refractivity contribution in [3.8, 4) is 5.75 Å². The van der Waals surface area contributed by atoms with E-state index in [4.69, 9.17) is 4.74 Å². The molecular formula is C27H23BrN2O4. The summed E-state index contributed by atoms with van der Waals surface area (Å²) in [5.74, 6) is -0.933. The monoisotopic (exact) mass is 518 g/mol. The Morgan fingerprint density at radius 3 is 2.32 bits per heavy atom. The lowest BCUT2D eigenvalue weighted by Crippen LogP contribution is -2.54. The molecule has 172 valence electrons. The van der Waals surface area contributed by atoms with Crippen LogP contribution in [0.2, 0.25) is 0 Å². The minimum Gasteiger partial charge on any atom is -0.488 e. The van der Waals surface area contributed by atoms with Crippen molar-refractivity contribution in [2.24, 2.45) is 0 Å². The number of carbonyl (C=O) groups excluding carboxylic acids is 3. The third-order valence-electron chi connectivity index (χ3n) is 5.48. The maximum absolute atomic E-state index is 13.3. The molecule has 7 heteroatoms. The summed E-state index contributed by atoms with van der Waals surface area (Å²) in [6.07, 6.45) is 1.45. The van der Waals surface area contributed by atoms with Gasteiger partial charge in [-0.3, -0.25) is 14.9 Å². The first-order chi connectivity index (χ1) is 16.2. The van der Waals surface area contributed by atoms with Crippen LogP contribution in [0.25, 0.3) is 6.08 Å². The maximum atomic E-state index is 13.3. The van der Waals surface area contributed by atoms with E-state index < -0.39 is 17.8 Å². The quantitative estimate of drug-likeness (QED) is 0.351. The van der Waals surface area contributed by atoms with Gasteiger partial charge in [0.25, 0.3) is 11.8 Å². The molecule has 6 nitrogen and oxygen atoms in total. The number of ether oxygens (including phenoxy) is 1. The standard InChI is InChI=1S/C27H23BrN2O4/c1-16-4-7-19(8-5-16)15-34-24-11-9-21(28)13-20(24)14-22-25(31)29-27(33)30(26(22)32)23-10-6-17(2)12-18(23)3/h4-14H,15H2,1-3H3,(H,29,31,33)/b22-14+. The summed E-state index contributed by atoms with van der Waals surface area (Å²) >= 11 is 3.43. The molecule has 0 unspecified atom stereocenters. The number of barbiturate groups is 1. The largest absolute Gasteiger partial charge is 0.488 e. The van der Waals surface area contributed by atoms with Crippen molar-refractivity contribution in [2.75, 3.05) is 4.90 Å². The molecule has 0 aromatic heterocycles. The first kappa shape index (κ1) is 23.4. The van der Waals surface area contributed by atoms with Crippen LogP contribution in [0.1, 0.15) is 27.8 Å². The van der Waals surface area contributed by atoms with Crippen molar-refractivity contribution in [1.29, 1.82) is 0 Å². The van der Waals surface area contributed by atoms with Crippen LogP contribution >= 0.6 is 15.9 Å². The Kier molecular flexibility index (Phi) is 6.65. The van der Waals surface area contributed by atoms with Crippen molar-refractivity contribution in [3.05, 3.63) is 98.5 Å². The minimum absolute atomic E-state index is 0.155. The molecule has 4 rings (SSSR count). The lowest BCUT2D eigenvalue weighted by Gasteiger charge is -2.27. The topological polar surface area (TPSA) is 75.7 Å². The van der Waals surface area contributed by atoms with Crippen LogP contribution in [-0.4, -0.2) is 17.8 Å². The Morgan fingerprint density at radius 1 is 0.912 bits per heavy atom. The zero-order valence-corrected chi connectivity index (χ0v) is 20.6. The lowest BCUT2D eigenvalue weighted by atomic mass is 10.0. The number of benzene rings is 3. The molecule has 1 saturated heterocycles. The van der Waals surface area contributed by atoms with Gasteiger partial charge >= 0.3 is 6.03 Å². The lowest BCUT2D eigenvalue weighted by molar-refractivity contribution is -0.122. The van der Waals surface area contributed by atoms with Crippen LogP contribution in [0.15, 0.2) is 70.7 Å². The van der Waals surface area contributed by atoms with Crippen molar-refractivity contribution in [2.45, 2.75) is 27.4 Å². The van der Waals surface area contributed by atoms with Crippen molar-refractivity contribution >= 4 is 45.5 Å². The second kappa shape index (κ2) is 9.65. The highest BCUT2D eigenvalue weighted by atomic mass is 79.9. The Bertz CT molecular complexity index is 1330. The molecule has 0 atom stereocenters. The van der Waals surface area contributed by atoms with Gasteiger partial charge in [0.05, 0.1) is 5.69 Å². The molecule has 4 amide bonds. The van der Waals surface area contributed by atoms with E-state index in [2.05, 4.69) is 21.2 Å². The number of nitrogens with one attached hydrogen (secondary N) is 1. The summed E-state index contributed by atoms with van der Waals surface area (Å²) in [4.78, 5) is 39.5. The van der Waals surface area contributed by atoms with Gasteiger partial charge < -0.3 is 4.74 Å². The van der Waals surface area contributed by atoms with Crippen LogP contribution in [0.5, 0.6) is 5.75 Å². The van der Waals surface area contributed by atoms with Gasteiger partial charge in [-0.1, -0.05) is 63.5 Å². The van der Waals surface area contributed by atoms with Crippen LogP contribution in [0, 0.1) is 20.8 Å². The Hall–Kier alpha value is -3.71. The highest BCUT2D eigenvalue weighted by molar-refractivity contribution is 9.10. The average Bonchev–Trinajstić information content (AvgIpc) is 2.78. The summed E-state index contributed by atoms with van der Waals surface area (Å²) in [6.45, 7) is 6.08. The van der Waals surface area contributed by atoms with Gasteiger partial charge in [-0.2, -0.15) is 0 Å². The third-order valence-corrected chi connectivity index (χ3v) is 5.97. The van der Waals surface area contributed by atoms with E-state index >= 15 is 0 Å². The Labute approximate surface area is 206 Å². The predicted molar refractivity (Wildman–Crippen MR) is 135 cm³/mol. The summed E-state index contributed by atoms with van der Waals surface area (Å²) in [5, 5.41) is 2.27. The molecule has 1 heterocycles. The van der Waals surface area contributed by atoms with E-state index in [0.717, 1.165) is 31.6 Å². The number of amides is 4. The van der Waals surface area contributed by atoms with Crippen LogP contribution in [-0.2, 0) is 16.2 Å². The SMILES string of the molecule is Cc1ccc(COc2ccc(Br)cc2/C=C2\C(=O)NC(=O)N(c3ccc(C)cc3C)C2=O)cc1. The van der Waals surface area contributed by atoms with E-state index in [1.807, 2.05) is 63.2 Å². The van der Waals surface area contributed by atoms with Crippen molar-refractivity contribution < 1.29 is 19.1 Å². The Morgan fingerprint density at radius 2 is 1.62 bits per heavy atom. The number of urea groups is 1. The molecule has 1 N–H and O–H groups in total. The smallest absolute Gasteiger partial charge is 0.335 e. The van der Waals surface area contributed by atoms with Crippen LogP contribution in [0.3, 0.4) is 0 Å².